The lowest BCUT2D eigenvalue weighted by Crippen LogP contribution is -1.93. The van der Waals surface area contributed by atoms with Crippen molar-refractivity contribution in [3.63, 3.8) is 0 Å². The third-order valence-corrected chi connectivity index (χ3v) is 2.97. The molecule has 0 bridgehead atoms. The highest BCUT2D eigenvalue weighted by atomic mass is 16.5. The molecular formula is C16H18O2. The molecule has 94 valence electrons. The SMILES string of the molecule is COc1cccc(CCc2cccc(OC)c2)c1. The Labute approximate surface area is 108 Å². The van der Waals surface area contributed by atoms with Gasteiger partial charge in [-0.15, -0.1) is 0 Å². The second kappa shape index (κ2) is 6.10. The van der Waals surface area contributed by atoms with Crippen molar-refractivity contribution in [2.24, 2.45) is 0 Å². The Bertz CT molecular complexity index is 458. The van der Waals surface area contributed by atoms with Crippen LogP contribution < -0.4 is 9.47 Å². The topological polar surface area (TPSA) is 18.5 Å². The van der Waals surface area contributed by atoms with Crippen molar-refractivity contribution in [1.29, 1.82) is 0 Å². The second-order valence-electron chi connectivity index (χ2n) is 4.20. The van der Waals surface area contributed by atoms with Crippen LogP contribution in [0, 0.1) is 0 Å². The standard InChI is InChI=1S/C16H18O2/c1-17-15-7-3-5-13(11-15)9-10-14-6-4-8-16(12-14)18-2/h3-8,11-12H,9-10H2,1-2H3. The van der Waals surface area contributed by atoms with Crippen molar-refractivity contribution in [3.8, 4) is 11.5 Å². The average Bonchev–Trinajstić information content (AvgIpc) is 2.45. The molecule has 0 aliphatic carbocycles. The van der Waals surface area contributed by atoms with Gasteiger partial charge in [0.15, 0.2) is 0 Å². The summed E-state index contributed by atoms with van der Waals surface area (Å²) in [5, 5.41) is 0. The second-order valence-corrected chi connectivity index (χ2v) is 4.20. The molecule has 0 fully saturated rings. The maximum Gasteiger partial charge on any atom is 0.119 e. The van der Waals surface area contributed by atoms with Gasteiger partial charge in [-0.25, -0.2) is 0 Å². The molecule has 0 spiro atoms. The summed E-state index contributed by atoms with van der Waals surface area (Å²) in [6.07, 6.45) is 2.01. The largest absolute Gasteiger partial charge is 0.497 e. The number of aryl methyl sites for hydroxylation is 2. The molecule has 2 nitrogen and oxygen atoms in total. The lowest BCUT2D eigenvalue weighted by molar-refractivity contribution is 0.413. The minimum atomic E-state index is 0.915. The van der Waals surface area contributed by atoms with E-state index in [4.69, 9.17) is 9.47 Å². The molecule has 0 radical (unpaired) electrons. The van der Waals surface area contributed by atoms with Gasteiger partial charge < -0.3 is 9.47 Å². The van der Waals surface area contributed by atoms with E-state index in [1.165, 1.54) is 11.1 Å². The van der Waals surface area contributed by atoms with E-state index < -0.39 is 0 Å². The fourth-order valence-electron chi connectivity index (χ4n) is 1.94. The highest BCUT2D eigenvalue weighted by Crippen LogP contribution is 2.17. The van der Waals surface area contributed by atoms with Crippen molar-refractivity contribution < 1.29 is 9.47 Å². The smallest absolute Gasteiger partial charge is 0.119 e. The third-order valence-electron chi connectivity index (χ3n) is 2.97. The Morgan fingerprint density at radius 2 is 1.17 bits per heavy atom. The number of hydrogen-bond acceptors (Lipinski definition) is 2. The van der Waals surface area contributed by atoms with E-state index >= 15 is 0 Å². The van der Waals surface area contributed by atoms with Crippen LogP contribution in [0.5, 0.6) is 11.5 Å². The van der Waals surface area contributed by atoms with Gasteiger partial charge in [-0.05, 0) is 48.2 Å². The van der Waals surface area contributed by atoms with Crippen LogP contribution in [-0.4, -0.2) is 14.2 Å². The fraction of sp³-hybridized carbons (Fsp3) is 0.250. The summed E-state index contributed by atoms with van der Waals surface area (Å²) in [5.41, 5.74) is 2.58. The summed E-state index contributed by atoms with van der Waals surface area (Å²) < 4.78 is 10.4. The van der Waals surface area contributed by atoms with Crippen molar-refractivity contribution in [2.75, 3.05) is 14.2 Å². The molecule has 2 heteroatoms. The first-order valence-corrected chi connectivity index (χ1v) is 6.07. The Morgan fingerprint density at radius 1 is 0.722 bits per heavy atom. The maximum absolute atomic E-state index is 5.22. The molecule has 0 amide bonds. The number of hydrogen-bond donors (Lipinski definition) is 0. The third kappa shape index (κ3) is 3.27. The van der Waals surface area contributed by atoms with E-state index in [0.29, 0.717) is 0 Å². The molecule has 0 heterocycles. The van der Waals surface area contributed by atoms with E-state index in [0.717, 1.165) is 24.3 Å². The number of methoxy groups -OCH3 is 2. The van der Waals surface area contributed by atoms with Crippen LogP contribution in [0.3, 0.4) is 0 Å². The Balaban J connectivity index is 2.01. The van der Waals surface area contributed by atoms with Crippen molar-refractivity contribution in [2.45, 2.75) is 12.8 Å². The van der Waals surface area contributed by atoms with Gasteiger partial charge in [-0.3, -0.25) is 0 Å². The molecule has 2 aromatic carbocycles. The fourth-order valence-corrected chi connectivity index (χ4v) is 1.94. The first-order valence-electron chi connectivity index (χ1n) is 6.07. The summed E-state index contributed by atoms with van der Waals surface area (Å²) in [5.74, 6) is 1.83. The van der Waals surface area contributed by atoms with Gasteiger partial charge in [0, 0.05) is 0 Å². The summed E-state index contributed by atoms with van der Waals surface area (Å²) >= 11 is 0. The van der Waals surface area contributed by atoms with E-state index in [2.05, 4.69) is 24.3 Å². The number of ether oxygens (including phenoxy) is 2. The van der Waals surface area contributed by atoms with Crippen LogP contribution in [0.2, 0.25) is 0 Å². The minimum Gasteiger partial charge on any atom is -0.497 e. The molecule has 2 rings (SSSR count). The molecule has 0 aliphatic heterocycles. The van der Waals surface area contributed by atoms with Crippen LogP contribution in [0.4, 0.5) is 0 Å². The highest BCUT2D eigenvalue weighted by molar-refractivity contribution is 5.31. The monoisotopic (exact) mass is 242 g/mol. The van der Waals surface area contributed by atoms with E-state index in [9.17, 15) is 0 Å². The minimum absolute atomic E-state index is 0.915. The quantitative estimate of drug-likeness (QED) is 0.799. The summed E-state index contributed by atoms with van der Waals surface area (Å²) in [6.45, 7) is 0. The van der Waals surface area contributed by atoms with Crippen LogP contribution in [0.25, 0.3) is 0 Å². The lowest BCUT2D eigenvalue weighted by atomic mass is 10.0. The van der Waals surface area contributed by atoms with E-state index in [1.54, 1.807) is 14.2 Å². The molecule has 0 unspecified atom stereocenters. The predicted molar refractivity (Wildman–Crippen MR) is 73.4 cm³/mol. The van der Waals surface area contributed by atoms with Crippen molar-refractivity contribution >= 4 is 0 Å². The zero-order valence-electron chi connectivity index (χ0n) is 10.8. The first kappa shape index (κ1) is 12.5. The molecule has 0 saturated heterocycles. The Morgan fingerprint density at radius 3 is 1.56 bits per heavy atom. The highest BCUT2D eigenvalue weighted by Gasteiger charge is 1.99. The maximum atomic E-state index is 5.22. The van der Waals surface area contributed by atoms with E-state index in [-0.39, 0.29) is 0 Å². The van der Waals surface area contributed by atoms with Gasteiger partial charge in [-0.2, -0.15) is 0 Å². The molecular weight excluding hydrogens is 224 g/mol. The average molecular weight is 242 g/mol. The summed E-state index contributed by atoms with van der Waals surface area (Å²) in [6, 6.07) is 16.4. The summed E-state index contributed by atoms with van der Waals surface area (Å²) in [7, 11) is 3.39. The first-order chi connectivity index (χ1) is 8.81. The predicted octanol–water partition coefficient (Wildman–Crippen LogP) is 3.49. The van der Waals surface area contributed by atoms with Crippen LogP contribution in [0.1, 0.15) is 11.1 Å². The van der Waals surface area contributed by atoms with Gasteiger partial charge in [0.05, 0.1) is 14.2 Å². The Kier molecular flexibility index (Phi) is 4.24. The van der Waals surface area contributed by atoms with Crippen LogP contribution in [-0.2, 0) is 12.8 Å². The number of benzene rings is 2. The van der Waals surface area contributed by atoms with Crippen molar-refractivity contribution in [1.82, 2.24) is 0 Å². The van der Waals surface area contributed by atoms with Gasteiger partial charge >= 0.3 is 0 Å². The number of rotatable bonds is 5. The molecule has 0 atom stereocenters. The van der Waals surface area contributed by atoms with E-state index in [1.807, 2.05) is 24.3 Å². The van der Waals surface area contributed by atoms with Crippen LogP contribution >= 0.6 is 0 Å². The van der Waals surface area contributed by atoms with Gasteiger partial charge in [-0.1, -0.05) is 24.3 Å². The Hall–Kier alpha value is -1.96. The van der Waals surface area contributed by atoms with Crippen molar-refractivity contribution in [3.05, 3.63) is 59.7 Å². The molecule has 0 saturated carbocycles. The molecule has 18 heavy (non-hydrogen) atoms. The summed E-state index contributed by atoms with van der Waals surface area (Å²) in [4.78, 5) is 0. The van der Waals surface area contributed by atoms with Gasteiger partial charge in [0.25, 0.3) is 0 Å². The van der Waals surface area contributed by atoms with Gasteiger partial charge in [0.2, 0.25) is 0 Å². The zero-order chi connectivity index (χ0) is 12.8. The normalized spacial score (nSPS) is 10.1. The zero-order valence-corrected chi connectivity index (χ0v) is 10.8. The van der Waals surface area contributed by atoms with Gasteiger partial charge in [0.1, 0.15) is 11.5 Å². The molecule has 2 aromatic rings. The molecule has 0 aromatic heterocycles. The lowest BCUT2D eigenvalue weighted by Gasteiger charge is -2.06. The molecule has 0 aliphatic rings. The van der Waals surface area contributed by atoms with Crippen LogP contribution in [0.15, 0.2) is 48.5 Å². The molecule has 0 N–H and O–H groups in total.